The Bertz CT molecular complexity index is 774. The van der Waals surface area contributed by atoms with E-state index >= 15 is 0 Å². The first-order valence-electron chi connectivity index (χ1n) is 6.77. The molecule has 2 rings (SSSR count). The molecule has 0 radical (unpaired) electrons. The van der Waals surface area contributed by atoms with E-state index < -0.39 is 35.1 Å². The molecule has 0 aliphatic heterocycles. The van der Waals surface area contributed by atoms with Crippen LogP contribution in [0.4, 0.5) is 8.78 Å². The number of hydrogen-bond acceptors (Lipinski definition) is 4. The molecule has 1 atom stereocenters. The average Bonchev–Trinajstić information content (AvgIpc) is 3.05. The minimum atomic E-state index is -1.14. The van der Waals surface area contributed by atoms with Gasteiger partial charge in [-0.3, -0.25) is 4.79 Å². The van der Waals surface area contributed by atoms with E-state index in [0.29, 0.717) is 5.69 Å². The number of esters is 1. The highest BCUT2D eigenvalue weighted by atomic mass is 19.1. The summed E-state index contributed by atoms with van der Waals surface area (Å²) in [5, 5.41) is 2.25. The molecule has 8 heteroatoms. The highest BCUT2D eigenvalue weighted by Crippen LogP contribution is 2.15. The van der Waals surface area contributed by atoms with Gasteiger partial charge >= 0.3 is 5.97 Å². The lowest BCUT2D eigenvalue weighted by Gasteiger charge is -2.16. The first-order valence-corrected chi connectivity index (χ1v) is 6.77. The van der Waals surface area contributed by atoms with E-state index in [1.165, 1.54) is 12.5 Å². The number of aromatic nitrogens is 2. The number of nitrogens with zero attached hydrogens (tertiary/aromatic N) is 1. The summed E-state index contributed by atoms with van der Waals surface area (Å²) in [6.45, 7) is 0. The molecule has 0 fully saturated rings. The van der Waals surface area contributed by atoms with E-state index in [1.807, 2.05) is 0 Å². The van der Waals surface area contributed by atoms with Gasteiger partial charge in [-0.15, -0.1) is 6.42 Å². The van der Waals surface area contributed by atoms with Gasteiger partial charge in [-0.2, -0.15) is 0 Å². The molecule has 1 amide bonds. The van der Waals surface area contributed by atoms with Crippen LogP contribution in [0.25, 0.3) is 0 Å². The maximum atomic E-state index is 13.9. The van der Waals surface area contributed by atoms with Gasteiger partial charge < -0.3 is 15.0 Å². The summed E-state index contributed by atoms with van der Waals surface area (Å²) < 4.78 is 32.5. The van der Waals surface area contributed by atoms with Crippen LogP contribution in [-0.2, 0) is 16.0 Å². The monoisotopic (exact) mass is 333 g/mol. The number of H-pyrrole nitrogens is 1. The van der Waals surface area contributed by atoms with Gasteiger partial charge in [0.25, 0.3) is 5.91 Å². The summed E-state index contributed by atoms with van der Waals surface area (Å²) in [5.74, 6) is -2.02. The Hall–Kier alpha value is -3.21. The molecular weight excluding hydrogens is 320 g/mol. The van der Waals surface area contributed by atoms with Crippen molar-refractivity contribution >= 4 is 11.9 Å². The highest BCUT2D eigenvalue weighted by Gasteiger charge is 2.26. The number of ether oxygens (including phenoxy) is 1. The van der Waals surface area contributed by atoms with Gasteiger partial charge in [0.05, 0.1) is 13.4 Å². The second-order valence-electron chi connectivity index (χ2n) is 4.79. The van der Waals surface area contributed by atoms with Crippen molar-refractivity contribution in [3.63, 3.8) is 0 Å². The van der Waals surface area contributed by atoms with E-state index in [2.05, 4.69) is 25.9 Å². The fourth-order valence-corrected chi connectivity index (χ4v) is 2.06. The molecule has 0 unspecified atom stereocenters. The van der Waals surface area contributed by atoms with E-state index in [4.69, 9.17) is 6.42 Å². The molecule has 1 aromatic carbocycles. The van der Waals surface area contributed by atoms with Crippen LogP contribution in [0, 0.1) is 24.0 Å². The number of carbonyl (C=O) groups excluding carboxylic acids is 2. The minimum absolute atomic E-state index is 0.0179. The standard InChI is InChI=1S/C16H13F2N3O3/c1-3-9-4-11(17)14(12(18)5-9)15(22)21-13(16(23)24-2)6-10-7-19-8-20-10/h1,4-5,7-8,13H,6H2,2H3,(H,19,20)(H,21,22)/t13-/m1/s1. The fourth-order valence-electron chi connectivity index (χ4n) is 2.06. The Kier molecular flexibility index (Phi) is 5.27. The van der Waals surface area contributed by atoms with Crippen molar-refractivity contribution in [2.24, 2.45) is 0 Å². The Morgan fingerprint density at radius 2 is 2.08 bits per heavy atom. The van der Waals surface area contributed by atoms with Gasteiger partial charge in [0.15, 0.2) is 0 Å². The number of hydrogen-bond donors (Lipinski definition) is 2. The molecule has 0 aliphatic rings. The van der Waals surface area contributed by atoms with Crippen LogP contribution in [-0.4, -0.2) is 35.0 Å². The Labute approximate surface area is 136 Å². The molecule has 0 aliphatic carbocycles. The van der Waals surface area contributed by atoms with Crippen LogP contribution >= 0.6 is 0 Å². The van der Waals surface area contributed by atoms with Crippen molar-refractivity contribution in [2.45, 2.75) is 12.5 Å². The van der Waals surface area contributed by atoms with E-state index in [1.54, 1.807) is 0 Å². The van der Waals surface area contributed by atoms with Crippen molar-refractivity contribution in [3.05, 3.63) is 53.1 Å². The SMILES string of the molecule is C#Cc1cc(F)c(C(=O)N[C@H](Cc2cnc[nH]2)C(=O)OC)c(F)c1. The molecule has 2 N–H and O–H groups in total. The summed E-state index contributed by atoms with van der Waals surface area (Å²) in [7, 11) is 1.14. The lowest BCUT2D eigenvalue weighted by atomic mass is 10.1. The zero-order valence-corrected chi connectivity index (χ0v) is 12.6. The second kappa shape index (κ2) is 7.37. The van der Waals surface area contributed by atoms with Crippen molar-refractivity contribution in [1.82, 2.24) is 15.3 Å². The minimum Gasteiger partial charge on any atom is -0.467 e. The molecule has 1 heterocycles. The molecule has 6 nitrogen and oxygen atoms in total. The van der Waals surface area contributed by atoms with Crippen LogP contribution < -0.4 is 5.32 Å². The van der Waals surface area contributed by atoms with Crippen LogP contribution in [0.2, 0.25) is 0 Å². The molecule has 124 valence electrons. The van der Waals surface area contributed by atoms with Gasteiger partial charge in [-0.05, 0) is 12.1 Å². The number of carbonyl (C=O) groups is 2. The number of rotatable bonds is 5. The topological polar surface area (TPSA) is 84.1 Å². The van der Waals surface area contributed by atoms with Gasteiger partial charge in [0.2, 0.25) is 0 Å². The largest absolute Gasteiger partial charge is 0.467 e. The van der Waals surface area contributed by atoms with Gasteiger partial charge in [0.1, 0.15) is 23.2 Å². The van der Waals surface area contributed by atoms with Crippen molar-refractivity contribution < 1.29 is 23.1 Å². The number of methoxy groups -OCH3 is 1. The fraction of sp³-hybridized carbons (Fsp3) is 0.188. The Morgan fingerprint density at radius 3 is 2.58 bits per heavy atom. The first-order chi connectivity index (χ1) is 11.5. The highest BCUT2D eigenvalue weighted by molar-refractivity contribution is 5.97. The average molecular weight is 333 g/mol. The van der Waals surface area contributed by atoms with E-state index in [0.717, 1.165) is 19.2 Å². The molecule has 24 heavy (non-hydrogen) atoms. The van der Waals surface area contributed by atoms with Gasteiger partial charge in [-0.1, -0.05) is 5.92 Å². The predicted octanol–water partition coefficient (Wildman–Crippen LogP) is 1.18. The predicted molar refractivity (Wildman–Crippen MR) is 79.9 cm³/mol. The third-order valence-corrected chi connectivity index (χ3v) is 3.21. The maximum absolute atomic E-state index is 13.9. The number of aromatic amines is 1. The zero-order chi connectivity index (χ0) is 17.7. The molecule has 0 saturated carbocycles. The lowest BCUT2D eigenvalue weighted by molar-refractivity contribution is -0.142. The molecule has 2 aromatic rings. The van der Waals surface area contributed by atoms with Crippen molar-refractivity contribution in [2.75, 3.05) is 7.11 Å². The normalized spacial score (nSPS) is 11.4. The first kappa shape index (κ1) is 17.1. The number of halogens is 2. The van der Waals surface area contributed by atoms with Crippen molar-refractivity contribution in [1.29, 1.82) is 0 Å². The maximum Gasteiger partial charge on any atom is 0.328 e. The molecule has 0 bridgehead atoms. The van der Waals surface area contributed by atoms with E-state index in [-0.39, 0.29) is 12.0 Å². The molecular formula is C16H13F2N3O3. The number of imidazole rings is 1. The van der Waals surface area contributed by atoms with Crippen LogP contribution in [0.1, 0.15) is 21.6 Å². The summed E-state index contributed by atoms with van der Waals surface area (Å²) in [6.07, 6.45) is 7.93. The number of nitrogens with one attached hydrogen (secondary N) is 2. The number of amides is 1. The summed E-state index contributed by atoms with van der Waals surface area (Å²) in [6, 6.07) is 0.578. The number of benzene rings is 1. The third kappa shape index (κ3) is 3.76. The Morgan fingerprint density at radius 1 is 1.42 bits per heavy atom. The van der Waals surface area contributed by atoms with Gasteiger partial charge in [-0.25, -0.2) is 18.6 Å². The van der Waals surface area contributed by atoms with Crippen LogP contribution in [0.5, 0.6) is 0 Å². The second-order valence-corrected chi connectivity index (χ2v) is 4.79. The number of terminal acetylenes is 1. The van der Waals surface area contributed by atoms with Gasteiger partial charge in [0, 0.05) is 23.9 Å². The third-order valence-electron chi connectivity index (χ3n) is 3.21. The molecule has 0 saturated heterocycles. The van der Waals surface area contributed by atoms with Crippen LogP contribution in [0.3, 0.4) is 0 Å². The Balaban J connectivity index is 2.25. The van der Waals surface area contributed by atoms with E-state index in [9.17, 15) is 18.4 Å². The quantitative estimate of drug-likeness (QED) is 0.636. The molecule has 0 spiro atoms. The summed E-state index contributed by atoms with van der Waals surface area (Å²) in [4.78, 5) is 30.5. The zero-order valence-electron chi connectivity index (χ0n) is 12.6. The van der Waals surface area contributed by atoms with Crippen molar-refractivity contribution in [3.8, 4) is 12.3 Å². The summed E-state index contributed by atoms with van der Waals surface area (Å²) >= 11 is 0. The lowest BCUT2D eigenvalue weighted by Crippen LogP contribution is -2.43. The van der Waals surface area contributed by atoms with Crippen LogP contribution in [0.15, 0.2) is 24.7 Å². The summed E-state index contributed by atoms with van der Waals surface area (Å²) in [5.41, 5.74) is -0.328. The molecule has 1 aromatic heterocycles. The smallest absolute Gasteiger partial charge is 0.328 e.